The van der Waals surface area contributed by atoms with Crippen LogP contribution in [-0.2, 0) is 9.59 Å². The highest BCUT2D eigenvalue weighted by atomic mass is 32.1. The van der Waals surface area contributed by atoms with E-state index in [0.29, 0.717) is 30.0 Å². The Morgan fingerprint density at radius 1 is 1.12 bits per heavy atom. The fourth-order valence-electron chi connectivity index (χ4n) is 3.69. The van der Waals surface area contributed by atoms with Crippen molar-refractivity contribution in [3.63, 3.8) is 0 Å². The number of hydrogen-bond acceptors (Lipinski definition) is 5. The fourth-order valence-corrected chi connectivity index (χ4v) is 4.35. The van der Waals surface area contributed by atoms with E-state index in [4.69, 9.17) is 4.74 Å². The molecule has 1 aliphatic rings. The largest absolute Gasteiger partial charge is 0.497 e. The minimum Gasteiger partial charge on any atom is -0.497 e. The van der Waals surface area contributed by atoms with Gasteiger partial charge < -0.3 is 20.3 Å². The Kier molecular flexibility index (Phi) is 7.08. The van der Waals surface area contributed by atoms with Crippen molar-refractivity contribution < 1.29 is 19.1 Å². The number of carbonyl (C=O) groups is 3. The van der Waals surface area contributed by atoms with Crippen LogP contribution in [0.1, 0.15) is 33.6 Å². The number of nitrogens with one attached hydrogen (secondary N) is 2. The zero-order valence-corrected chi connectivity index (χ0v) is 19.8. The predicted molar refractivity (Wildman–Crippen MR) is 134 cm³/mol. The minimum absolute atomic E-state index is 0.0802. The second-order valence-corrected chi connectivity index (χ2v) is 8.84. The van der Waals surface area contributed by atoms with E-state index in [1.165, 1.54) is 11.3 Å². The van der Waals surface area contributed by atoms with Gasteiger partial charge in [0.15, 0.2) is 0 Å². The van der Waals surface area contributed by atoms with Gasteiger partial charge in [-0.1, -0.05) is 12.1 Å². The quantitative estimate of drug-likeness (QED) is 0.489. The first-order valence-electron chi connectivity index (χ1n) is 10.9. The molecule has 0 bridgehead atoms. The second kappa shape index (κ2) is 10.4. The number of rotatable bonds is 7. The molecule has 1 aromatic heterocycles. The third-order valence-electron chi connectivity index (χ3n) is 5.51. The molecule has 1 saturated heterocycles. The molecule has 0 saturated carbocycles. The summed E-state index contributed by atoms with van der Waals surface area (Å²) in [5, 5.41) is 7.48. The van der Waals surface area contributed by atoms with Crippen LogP contribution < -0.4 is 20.3 Å². The summed E-state index contributed by atoms with van der Waals surface area (Å²) in [5.74, 6) is -0.155. The molecule has 4 rings (SSSR count). The van der Waals surface area contributed by atoms with Gasteiger partial charge in [0.2, 0.25) is 5.91 Å². The van der Waals surface area contributed by atoms with Crippen molar-refractivity contribution in [3.05, 3.63) is 81.7 Å². The zero-order valence-electron chi connectivity index (χ0n) is 19.0. The van der Waals surface area contributed by atoms with E-state index >= 15 is 0 Å². The Bertz CT molecular complexity index is 1230. The van der Waals surface area contributed by atoms with Gasteiger partial charge in [-0.25, -0.2) is 0 Å². The van der Waals surface area contributed by atoms with E-state index in [-0.39, 0.29) is 11.6 Å². The third kappa shape index (κ3) is 5.35. The lowest BCUT2D eigenvalue weighted by molar-refractivity contribution is -0.117. The number of hydrogen-bond donors (Lipinski definition) is 2. The Balaban J connectivity index is 1.56. The van der Waals surface area contributed by atoms with Crippen molar-refractivity contribution in [2.45, 2.75) is 19.8 Å². The van der Waals surface area contributed by atoms with Crippen molar-refractivity contribution >= 4 is 46.5 Å². The van der Waals surface area contributed by atoms with Crippen molar-refractivity contribution in [1.82, 2.24) is 5.32 Å². The van der Waals surface area contributed by atoms with Gasteiger partial charge in [-0.2, -0.15) is 0 Å². The molecule has 1 aliphatic heterocycles. The number of anilines is 2. The normalized spacial score (nSPS) is 13.6. The first-order chi connectivity index (χ1) is 16.4. The molecule has 3 aromatic rings. The Morgan fingerprint density at radius 2 is 1.91 bits per heavy atom. The Labute approximate surface area is 202 Å². The Morgan fingerprint density at radius 3 is 2.56 bits per heavy atom. The van der Waals surface area contributed by atoms with E-state index in [1.807, 2.05) is 30.5 Å². The number of ether oxygens (including phenoxy) is 1. The van der Waals surface area contributed by atoms with E-state index in [2.05, 4.69) is 10.6 Å². The summed E-state index contributed by atoms with van der Waals surface area (Å²) in [7, 11) is 1.55. The van der Waals surface area contributed by atoms with Crippen LogP contribution in [0, 0.1) is 6.92 Å². The van der Waals surface area contributed by atoms with Gasteiger partial charge >= 0.3 is 0 Å². The number of benzene rings is 2. The average molecular weight is 476 g/mol. The van der Waals surface area contributed by atoms with Gasteiger partial charge in [0.05, 0.1) is 7.11 Å². The molecule has 0 spiro atoms. The topological polar surface area (TPSA) is 87.7 Å². The summed E-state index contributed by atoms with van der Waals surface area (Å²) in [6.07, 6.45) is 2.99. The lowest BCUT2D eigenvalue weighted by Gasteiger charge is -2.20. The van der Waals surface area contributed by atoms with Crippen LogP contribution >= 0.6 is 11.3 Å². The summed E-state index contributed by atoms with van der Waals surface area (Å²) in [5.41, 5.74) is 2.79. The molecule has 0 radical (unpaired) electrons. The summed E-state index contributed by atoms with van der Waals surface area (Å²) in [6.45, 7) is 2.60. The van der Waals surface area contributed by atoms with Crippen molar-refractivity contribution in [3.8, 4) is 5.75 Å². The lowest BCUT2D eigenvalue weighted by Crippen LogP contribution is -2.31. The van der Waals surface area contributed by atoms with Crippen LogP contribution in [0.3, 0.4) is 0 Å². The van der Waals surface area contributed by atoms with Gasteiger partial charge in [0.25, 0.3) is 11.8 Å². The average Bonchev–Trinajstić information content (AvgIpc) is 3.51. The van der Waals surface area contributed by atoms with Crippen LogP contribution in [-0.4, -0.2) is 31.4 Å². The molecule has 2 N–H and O–H groups in total. The van der Waals surface area contributed by atoms with Crippen LogP contribution in [0.2, 0.25) is 0 Å². The van der Waals surface area contributed by atoms with Gasteiger partial charge in [0.1, 0.15) is 11.4 Å². The van der Waals surface area contributed by atoms with E-state index < -0.39 is 11.8 Å². The molecule has 2 aromatic carbocycles. The van der Waals surface area contributed by atoms with Crippen molar-refractivity contribution in [2.75, 3.05) is 23.9 Å². The van der Waals surface area contributed by atoms with Crippen LogP contribution in [0.4, 0.5) is 11.4 Å². The second-order valence-electron chi connectivity index (χ2n) is 7.86. The SMILES string of the molecule is COc1ccc(C(=O)N/C(=C\c2cccs2)C(=O)Nc2ccc(C)c(N3CCCC3=O)c2)cc1. The molecular weight excluding hydrogens is 450 g/mol. The number of aryl methyl sites for hydroxylation is 1. The highest BCUT2D eigenvalue weighted by Gasteiger charge is 2.23. The molecule has 34 heavy (non-hydrogen) atoms. The Hall–Kier alpha value is -3.91. The number of nitrogens with zero attached hydrogens (tertiary/aromatic N) is 1. The molecule has 1 fully saturated rings. The lowest BCUT2D eigenvalue weighted by atomic mass is 10.1. The van der Waals surface area contributed by atoms with Crippen molar-refractivity contribution in [2.24, 2.45) is 0 Å². The molecule has 3 amide bonds. The summed E-state index contributed by atoms with van der Waals surface area (Å²) in [6, 6.07) is 15.8. The van der Waals surface area contributed by atoms with Gasteiger partial charge in [0, 0.05) is 34.8 Å². The maximum atomic E-state index is 13.2. The molecule has 0 aliphatic carbocycles. The maximum Gasteiger partial charge on any atom is 0.272 e. The highest BCUT2D eigenvalue weighted by molar-refractivity contribution is 7.10. The molecule has 0 unspecified atom stereocenters. The molecule has 2 heterocycles. The number of amides is 3. The molecular formula is C26H25N3O4S. The molecule has 8 heteroatoms. The molecule has 7 nitrogen and oxygen atoms in total. The third-order valence-corrected chi connectivity index (χ3v) is 6.33. The fraction of sp³-hybridized carbons (Fsp3) is 0.192. The number of thiophene rings is 1. The van der Waals surface area contributed by atoms with Crippen LogP contribution in [0.5, 0.6) is 5.75 Å². The number of carbonyl (C=O) groups excluding carboxylic acids is 3. The first-order valence-corrected chi connectivity index (χ1v) is 11.8. The first kappa shape index (κ1) is 23.3. The van der Waals surface area contributed by atoms with Gasteiger partial charge in [-0.15, -0.1) is 11.3 Å². The summed E-state index contributed by atoms with van der Waals surface area (Å²) < 4.78 is 5.14. The molecule has 0 atom stereocenters. The summed E-state index contributed by atoms with van der Waals surface area (Å²) in [4.78, 5) is 40.8. The highest BCUT2D eigenvalue weighted by Crippen LogP contribution is 2.28. The smallest absolute Gasteiger partial charge is 0.272 e. The zero-order chi connectivity index (χ0) is 24.1. The summed E-state index contributed by atoms with van der Waals surface area (Å²) >= 11 is 1.46. The van der Waals surface area contributed by atoms with Crippen LogP contribution in [0.25, 0.3) is 6.08 Å². The van der Waals surface area contributed by atoms with Crippen LogP contribution in [0.15, 0.2) is 65.7 Å². The predicted octanol–water partition coefficient (Wildman–Crippen LogP) is 4.60. The van der Waals surface area contributed by atoms with E-state index in [9.17, 15) is 14.4 Å². The van der Waals surface area contributed by atoms with Gasteiger partial charge in [-0.05, 0) is 72.8 Å². The van der Waals surface area contributed by atoms with Crippen molar-refractivity contribution in [1.29, 1.82) is 0 Å². The van der Waals surface area contributed by atoms with E-state index in [1.54, 1.807) is 54.5 Å². The monoisotopic (exact) mass is 475 g/mol. The van der Waals surface area contributed by atoms with E-state index in [0.717, 1.165) is 22.5 Å². The standard InChI is InChI=1S/C26H25N3O4S/c1-17-7-10-19(15-23(17)29-13-3-6-24(29)30)27-26(32)22(16-21-5-4-14-34-21)28-25(31)18-8-11-20(33-2)12-9-18/h4-5,7-12,14-16H,3,6,13H2,1-2H3,(H,27,32)(H,28,31)/b22-16-. The minimum atomic E-state index is -0.460. The van der Waals surface area contributed by atoms with Gasteiger partial charge in [-0.3, -0.25) is 14.4 Å². The molecule has 174 valence electrons. The number of methoxy groups -OCH3 is 1. The maximum absolute atomic E-state index is 13.2.